The van der Waals surface area contributed by atoms with E-state index in [9.17, 15) is 9.50 Å². The predicted molar refractivity (Wildman–Crippen MR) is 74.7 cm³/mol. The predicted octanol–water partition coefficient (Wildman–Crippen LogP) is 2.48. The second-order valence-electron chi connectivity index (χ2n) is 5.74. The van der Waals surface area contributed by atoms with E-state index in [-0.39, 0.29) is 17.6 Å². The van der Waals surface area contributed by atoms with Gasteiger partial charge in [-0.1, -0.05) is 6.07 Å². The molecule has 0 aromatic heterocycles. The van der Waals surface area contributed by atoms with E-state index in [2.05, 4.69) is 16.8 Å². The maximum absolute atomic E-state index is 13.8. The lowest BCUT2D eigenvalue weighted by molar-refractivity contribution is 0.216. The van der Waals surface area contributed by atoms with Crippen LogP contribution in [-0.2, 0) is 0 Å². The first-order valence-electron chi connectivity index (χ1n) is 6.84. The molecule has 0 amide bonds. The number of nitrogens with zero attached hydrogens (tertiary/aromatic N) is 2. The van der Waals surface area contributed by atoms with E-state index >= 15 is 0 Å². The molecule has 4 heteroatoms. The molecule has 1 aliphatic heterocycles. The van der Waals surface area contributed by atoms with Crippen LogP contribution in [0.1, 0.15) is 24.9 Å². The van der Waals surface area contributed by atoms with Crippen molar-refractivity contribution in [1.82, 2.24) is 9.80 Å². The van der Waals surface area contributed by atoms with Crippen LogP contribution in [0.25, 0.3) is 0 Å². The number of phenols is 1. The van der Waals surface area contributed by atoms with Gasteiger partial charge >= 0.3 is 0 Å². The summed E-state index contributed by atoms with van der Waals surface area (Å²) in [6.07, 6.45) is 1.21. The monoisotopic (exact) mass is 266 g/mol. The summed E-state index contributed by atoms with van der Waals surface area (Å²) in [4.78, 5) is 4.53. The minimum absolute atomic E-state index is 0.0199. The van der Waals surface area contributed by atoms with Gasteiger partial charge in [-0.3, -0.25) is 4.90 Å². The molecule has 2 atom stereocenters. The molecule has 1 aromatic rings. The highest BCUT2D eigenvalue weighted by atomic mass is 19.1. The van der Waals surface area contributed by atoms with Crippen LogP contribution in [0.5, 0.6) is 5.75 Å². The van der Waals surface area contributed by atoms with Gasteiger partial charge < -0.3 is 10.0 Å². The molecule has 1 saturated heterocycles. The van der Waals surface area contributed by atoms with E-state index in [1.165, 1.54) is 12.5 Å². The summed E-state index contributed by atoms with van der Waals surface area (Å²) in [7, 11) is 4.18. The maximum atomic E-state index is 13.8. The Morgan fingerprint density at radius 2 is 2.26 bits per heavy atom. The zero-order chi connectivity index (χ0) is 14.0. The fraction of sp³-hybridized carbons (Fsp3) is 0.600. The number of aromatic hydroxyl groups is 1. The molecule has 0 bridgehead atoms. The first-order valence-corrected chi connectivity index (χ1v) is 6.84. The lowest BCUT2D eigenvalue weighted by Crippen LogP contribution is -2.30. The summed E-state index contributed by atoms with van der Waals surface area (Å²) in [5, 5.41) is 9.26. The molecule has 1 aliphatic rings. The summed E-state index contributed by atoms with van der Waals surface area (Å²) in [6.45, 7) is 5.26. The smallest absolute Gasteiger partial charge is 0.131 e. The Balaban J connectivity index is 2.00. The zero-order valence-electron chi connectivity index (χ0n) is 11.9. The molecule has 0 saturated carbocycles. The molecular formula is C15H23FN2O. The molecule has 1 fully saturated rings. The Morgan fingerprint density at radius 3 is 2.84 bits per heavy atom. The fourth-order valence-electron chi connectivity index (χ4n) is 2.83. The van der Waals surface area contributed by atoms with Crippen LogP contribution in [0.2, 0.25) is 0 Å². The van der Waals surface area contributed by atoms with Crippen LogP contribution in [0, 0.1) is 11.7 Å². The Morgan fingerprint density at radius 1 is 1.53 bits per heavy atom. The highest BCUT2D eigenvalue weighted by Crippen LogP contribution is 2.26. The summed E-state index contributed by atoms with van der Waals surface area (Å²) >= 11 is 0. The van der Waals surface area contributed by atoms with Crippen molar-refractivity contribution in [2.75, 3.05) is 33.7 Å². The number of rotatable bonds is 4. The first kappa shape index (κ1) is 14.3. The molecule has 0 aliphatic carbocycles. The standard InChI is InChI=1S/C15H23FN2O/c1-11(14-5-4-13(19)8-15(14)16)18(3)10-12-6-7-17(2)9-12/h4-5,8,11-12,19H,6-7,9-10H2,1-3H3. The lowest BCUT2D eigenvalue weighted by atomic mass is 10.0. The van der Waals surface area contributed by atoms with Gasteiger partial charge in [-0.15, -0.1) is 0 Å². The van der Waals surface area contributed by atoms with Crippen molar-refractivity contribution in [3.05, 3.63) is 29.6 Å². The Hall–Kier alpha value is -1.13. The minimum atomic E-state index is -0.331. The van der Waals surface area contributed by atoms with Crippen molar-refractivity contribution in [3.63, 3.8) is 0 Å². The van der Waals surface area contributed by atoms with Gasteiger partial charge in [0.15, 0.2) is 0 Å². The average molecular weight is 266 g/mol. The van der Waals surface area contributed by atoms with Gasteiger partial charge in [0, 0.05) is 30.8 Å². The third-order valence-electron chi connectivity index (χ3n) is 4.13. The Labute approximate surface area is 114 Å². The highest BCUT2D eigenvalue weighted by molar-refractivity contribution is 5.29. The van der Waals surface area contributed by atoms with Crippen molar-refractivity contribution in [2.24, 2.45) is 5.92 Å². The largest absolute Gasteiger partial charge is 0.508 e. The summed E-state index contributed by atoms with van der Waals surface area (Å²) in [6, 6.07) is 4.42. The third kappa shape index (κ3) is 3.45. The summed E-state index contributed by atoms with van der Waals surface area (Å²) < 4.78 is 13.8. The lowest BCUT2D eigenvalue weighted by Gasteiger charge is -2.28. The summed E-state index contributed by atoms with van der Waals surface area (Å²) in [5.74, 6) is 0.314. The average Bonchev–Trinajstić information content (AvgIpc) is 2.74. The normalized spacial score (nSPS) is 22.1. The second-order valence-corrected chi connectivity index (χ2v) is 5.74. The van der Waals surface area contributed by atoms with Crippen molar-refractivity contribution in [3.8, 4) is 5.75 Å². The SMILES string of the molecule is CC(c1ccc(O)cc1F)N(C)CC1CCN(C)C1. The molecule has 0 radical (unpaired) electrons. The third-order valence-corrected chi connectivity index (χ3v) is 4.13. The van der Waals surface area contributed by atoms with Crippen molar-refractivity contribution >= 4 is 0 Å². The van der Waals surface area contributed by atoms with Crippen LogP contribution in [-0.4, -0.2) is 48.6 Å². The van der Waals surface area contributed by atoms with Crippen molar-refractivity contribution in [2.45, 2.75) is 19.4 Å². The molecular weight excluding hydrogens is 243 g/mol. The van der Waals surface area contributed by atoms with E-state index in [4.69, 9.17) is 0 Å². The molecule has 106 valence electrons. The van der Waals surface area contributed by atoms with Gasteiger partial charge in [0.25, 0.3) is 0 Å². The van der Waals surface area contributed by atoms with E-state index in [0.29, 0.717) is 11.5 Å². The van der Waals surface area contributed by atoms with E-state index in [1.54, 1.807) is 12.1 Å². The van der Waals surface area contributed by atoms with E-state index in [0.717, 1.165) is 19.6 Å². The van der Waals surface area contributed by atoms with Gasteiger partial charge in [0.2, 0.25) is 0 Å². The van der Waals surface area contributed by atoms with Gasteiger partial charge in [0.1, 0.15) is 11.6 Å². The Kier molecular flexibility index (Phi) is 4.42. The molecule has 1 N–H and O–H groups in total. The van der Waals surface area contributed by atoms with Crippen LogP contribution in [0.4, 0.5) is 4.39 Å². The summed E-state index contributed by atoms with van der Waals surface area (Å²) in [5.41, 5.74) is 0.645. The molecule has 1 aromatic carbocycles. The highest BCUT2D eigenvalue weighted by Gasteiger charge is 2.24. The Bertz CT molecular complexity index is 438. The first-order chi connectivity index (χ1) is 8.97. The van der Waals surface area contributed by atoms with Crippen molar-refractivity contribution < 1.29 is 9.50 Å². The molecule has 3 nitrogen and oxygen atoms in total. The zero-order valence-corrected chi connectivity index (χ0v) is 11.9. The number of hydrogen-bond donors (Lipinski definition) is 1. The quantitative estimate of drug-likeness (QED) is 0.907. The van der Waals surface area contributed by atoms with E-state index < -0.39 is 0 Å². The molecule has 2 unspecified atom stereocenters. The maximum Gasteiger partial charge on any atom is 0.131 e. The number of hydrogen-bond acceptors (Lipinski definition) is 3. The number of halogens is 1. The molecule has 19 heavy (non-hydrogen) atoms. The van der Waals surface area contributed by atoms with E-state index in [1.807, 2.05) is 14.0 Å². The second kappa shape index (κ2) is 5.88. The van der Waals surface area contributed by atoms with Crippen LogP contribution in [0.15, 0.2) is 18.2 Å². The van der Waals surface area contributed by atoms with Gasteiger partial charge in [-0.2, -0.15) is 0 Å². The topological polar surface area (TPSA) is 26.7 Å². The van der Waals surface area contributed by atoms with Crippen molar-refractivity contribution in [1.29, 1.82) is 0 Å². The van der Waals surface area contributed by atoms with Crippen LogP contribution in [0.3, 0.4) is 0 Å². The van der Waals surface area contributed by atoms with Gasteiger partial charge in [-0.05, 0) is 46.0 Å². The fourth-order valence-corrected chi connectivity index (χ4v) is 2.83. The molecule has 0 spiro atoms. The van der Waals surface area contributed by atoms with Crippen LogP contribution >= 0.6 is 0 Å². The van der Waals surface area contributed by atoms with Gasteiger partial charge in [0.05, 0.1) is 0 Å². The molecule has 2 rings (SSSR count). The number of phenolic OH excluding ortho intramolecular Hbond substituents is 1. The van der Waals surface area contributed by atoms with Gasteiger partial charge in [-0.25, -0.2) is 4.39 Å². The van der Waals surface area contributed by atoms with Crippen LogP contribution < -0.4 is 0 Å². The number of benzene rings is 1. The number of likely N-dealkylation sites (tertiary alicyclic amines) is 1. The minimum Gasteiger partial charge on any atom is -0.508 e. The molecule has 1 heterocycles.